The first-order chi connectivity index (χ1) is 11.7. The zero-order chi connectivity index (χ0) is 16.9. The Kier molecular flexibility index (Phi) is 5.29. The zero-order valence-corrected chi connectivity index (χ0v) is 14.5. The number of nitriles is 1. The normalized spacial score (nSPS) is 16.7. The van der Waals surface area contributed by atoms with Gasteiger partial charge in [-0.15, -0.1) is 0 Å². The van der Waals surface area contributed by atoms with Gasteiger partial charge in [0.2, 0.25) is 0 Å². The Balaban J connectivity index is 1.55. The number of rotatable bonds is 4. The minimum atomic E-state index is 0.722. The first-order valence-electron chi connectivity index (χ1n) is 8.51. The minimum Gasteiger partial charge on any atom is -0.361 e. The van der Waals surface area contributed by atoms with Gasteiger partial charge in [0.15, 0.2) is 0 Å². The molecule has 0 saturated carbocycles. The van der Waals surface area contributed by atoms with Gasteiger partial charge in [-0.3, -0.25) is 9.80 Å². The number of benzene rings is 1. The molecule has 1 fully saturated rings. The van der Waals surface area contributed by atoms with Crippen molar-refractivity contribution < 1.29 is 4.52 Å². The molecule has 1 aliphatic rings. The third kappa shape index (κ3) is 4.02. The van der Waals surface area contributed by atoms with Crippen LogP contribution in [0.1, 0.15) is 34.6 Å². The number of aryl methyl sites for hydroxylation is 2. The summed E-state index contributed by atoms with van der Waals surface area (Å²) in [5.41, 5.74) is 4.23. The molecule has 24 heavy (non-hydrogen) atoms. The van der Waals surface area contributed by atoms with E-state index in [9.17, 15) is 0 Å². The van der Waals surface area contributed by atoms with E-state index in [2.05, 4.69) is 33.2 Å². The average Bonchev–Trinajstić information content (AvgIpc) is 2.78. The van der Waals surface area contributed by atoms with Crippen molar-refractivity contribution >= 4 is 0 Å². The van der Waals surface area contributed by atoms with Gasteiger partial charge in [0, 0.05) is 31.7 Å². The Labute approximate surface area is 143 Å². The van der Waals surface area contributed by atoms with Gasteiger partial charge in [0.05, 0.1) is 17.3 Å². The van der Waals surface area contributed by atoms with Crippen molar-refractivity contribution in [3.8, 4) is 6.07 Å². The summed E-state index contributed by atoms with van der Waals surface area (Å²) in [5.74, 6) is 0.936. The summed E-state index contributed by atoms with van der Waals surface area (Å²) in [6, 6.07) is 10.1. The Morgan fingerprint density at radius 3 is 2.29 bits per heavy atom. The highest BCUT2D eigenvalue weighted by atomic mass is 16.5. The van der Waals surface area contributed by atoms with E-state index in [4.69, 9.17) is 9.78 Å². The fourth-order valence-corrected chi connectivity index (χ4v) is 3.23. The molecule has 2 aromatic rings. The minimum absolute atomic E-state index is 0.722. The second-order valence-electron chi connectivity index (χ2n) is 6.52. The molecule has 1 aromatic carbocycles. The van der Waals surface area contributed by atoms with Crippen LogP contribution in [0.5, 0.6) is 0 Å². The number of nitrogens with zero attached hydrogens (tertiary/aromatic N) is 4. The van der Waals surface area contributed by atoms with Crippen LogP contribution in [0.3, 0.4) is 0 Å². The molecule has 0 amide bonds. The first kappa shape index (κ1) is 16.7. The molecule has 5 heteroatoms. The summed E-state index contributed by atoms with van der Waals surface area (Å²) < 4.78 is 5.28. The van der Waals surface area contributed by atoms with E-state index in [-0.39, 0.29) is 0 Å². The molecule has 0 atom stereocenters. The van der Waals surface area contributed by atoms with Crippen molar-refractivity contribution in [3.05, 3.63) is 52.4 Å². The molecular formula is C19H24N4O. The summed E-state index contributed by atoms with van der Waals surface area (Å²) in [7, 11) is 0. The van der Waals surface area contributed by atoms with Crippen LogP contribution in [0.25, 0.3) is 0 Å². The fraction of sp³-hybridized carbons (Fsp3) is 0.474. The summed E-state index contributed by atoms with van der Waals surface area (Å²) in [4.78, 5) is 4.99. The maximum absolute atomic E-state index is 8.88. The van der Waals surface area contributed by atoms with E-state index in [0.717, 1.165) is 56.3 Å². The molecule has 0 bridgehead atoms. The molecule has 0 aliphatic carbocycles. The van der Waals surface area contributed by atoms with Crippen LogP contribution < -0.4 is 0 Å². The lowest BCUT2D eigenvalue weighted by molar-refractivity contribution is 0.246. The number of hydrogen-bond acceptors (Lipinski definition) is 5. The predicted octanol–water partition coefficient (Wildman–Crippen LogP) is 2.87. The molecular weight excluding hydrogens is 300 g/mol. The van der Waals surface area contributed by atoms with E-state index in [0.29, 0.717) is 0 Å². The molecule has 1 aromatic heterocycles. The van der Waals surface area contributed by atoms with Crippen LogP contribution in [0.15, 0.2) is 28.8 Å². The van der Waals surface area contributed by atoms with Gasteiger partial charge in [0.25, 0.3) is 0 Å². The highest BCUT2D eigenvalue weighted by Crippen LogP contribution is 2.17. The standard InChI is InChI=1S/C19H24N4O/c1-15-19(16(2)24-21-15)14-23-9-3-8-22(10-11-23)13-18-6-4-17(12-20)5-7-18/h4-7H,3,8-11,13-14H2,1-2H3. The monoisotopic (exact) mass is 324 g/mol. The predicted molar refractivity (Wildman–Crippen MR) is 92.3 cm³/mol. The topological polar surface area (TPSA) is 56.3 Å². The third-order valence-electron chi connectivity index (χ3n) is 4.73. The largest absolute Gasteiger partial charge is 0.361 e. The summed E-state index contributed by atoms with van der Waals surface area (Å²) in [6.45, 7) is 10.2. The summed E-state index contributed by atoms with van der Waals surface area (Å²) in [5, 5.41) is 12.9. The molecule has 2 heterocycles. The Bertz CT molecular complexity index is 694. The second kappa shape index (κ2) is 7.61. The smallest absolute Gasteiger partial charge is 0.138 e. The van der Waals surface area contributed by atoms with Crippen molar-refractivity contribution in [2.24, 2.45) is 0 Å². The number of aromatic nitrogens is 1. The van der Waals surface area contributed by atoms with E-state index >= 15 is 0 Å². The molecule has 126 valence electrons. The lowest BCUT2D eigenvalue weighted by Crippen LogP contribution is -2.30. The van der Waals surface area contributed by atoms with E-state index in [1.165, 1.54) is 17.5 Å². The van der Waals surface area contributed by atoms with Crippen molar-refractivity contribution in [1.29, 1.82) is 5.26 Å². The van der Waals surface area contributed by atoms with Crippen molar-refractivity contribution in [3.63, 3.8) is 0 Å². The third-order valence-corrected chi connectivity index (χ3v) is 4.73. The highest BCUT2D eigenvalue weighted by molar-refractivity contribution is 5.31. The van der Waals surface area contributed by atoms with Gasteiger partial charge in [-0.1, -0.05) is 17.3 Å². The van der Waals surface area contributed by atoms with Crippen LogP contribution in [0.2, 0.25) is 0 Å². The maximum atomic E-state index is 8.88. The van der Waals surface area contributed by atoms with E-state index in [1.807, 2.05) is 26.0 Å². The van der Waals surface area contributed by atoms with Crippen LogP contribution in [-0.4, -0.2) is 41.1 Å². The van der Waals surface area contributed by atoms with Crippen LogP contribution in [0, 0.1) is 25.2 Å². The lowest BCUT2D eigenvalue weighted by Gasteiger charge is -2.21. The molecule has 0 unspecified atom stereocenters. The summed E-state index contributed by atoms with van der Waals surface area (Å²) >= 11 is 0. The molecule has 3 rings (SSSR count). The Morgan fingerprint density at radius 1 is 1.04 bits per heavy atom. The van der Waals surface area contributed by atoms with Crippen molar-refractivity contribution in [2.45, 2.75) is 33.4 Å². The fourth-order valence-electron chi connectivity index (χ4n) is 3.23. The lowest BCUT2D eigenvalue weighted by atomic mass is 10.1. The average molecular weight is 324 g/mol. The van der Waals surface area contributed by atoms with Gasteiger partial charge < -0.3 is 4.52 Å². The molecule has 0 radical (unpaired) electrons. The van der Waals surface area contributed by atoms with Gasteiger partial charge in [-0.2, -0.15) is 5.26 Å². The van der Waals surface area contributed by atoms with Crippen LogP contribution in [-0.2, 0) is 13.1 Å². The van der Waals surface area contributed by atoms with Gasteiger partial charge in [0.1, 0.15) is 5.76 Å². The quantitative estimate of drug-likeness (QED) is 0.865. The first-order valence-corrected chi connectivity index (χ1v) is 8.51. The number of hydrogen-bond donors (Lipinski definition) is 0. The molecule has 0 spiro atoms. The Hall–Kier alpha value is -2.16. The van der Waals surface area contributed by atoms with Gasteiger partial charge in [-0.05, 0) is 51.1 Å². The van der Waals surface area contributed by atoms with Gasteiger partial charge >= 0.3 is 0 Å². The van der Waals surface area contributed by atoms with Crippen LogP contribution in [0.4, 0.5) is 0 Å². The highest BCUT2D eigenvalue weighted by Gasteiger charge is 2.18. The molecule has 1 aliphatic heterocycles. The maximum Gasteiger partial charge on any atom is 0.138 e. The molecule has 0 N–H and O–H groups in total. The molecule has 5 nitrogen and oxygen atoms in total. The molecule has 1 saturated heterocycles. The zero-order valence-electron chi connectivity index (χ0n) is 14.5. The van der Waals surface area contributed by atoms with Crippen LogP contribution >= 0.6 is 0 Å². The van der Waals surface area contributed by atoms with Crippen molar-refractivity contribution in [2.75, 3.05) is 26.2 Å². The van der Waals surface area contributed by atoms with Gasteiger partial charge in [-0.25, -0.2) is 0 Å². The van der Waals surface area contributed by atoms with Crippen molar-refractivity contribution in [1.82, 2.24) is 15.0 Å². The Morgan fingerprint density at radius 2 is 1.71 bits per heavy atom. The SMILES string of the molecule is Cc1noc(C)c1CN1CCCN(Cc2ccc(C#N)cc2)CC1. The second-order valence-corrected chi connectivity index (χ2v) is 6.52. The summed E-state index contributed by atoms with van der Waals surface area (Å²) in [6.07, 6.45) is 1.17. The van der Waals surface area contributed by atoms with E-state index < -0.39 is 0 Å². The van der Waals surface area contributed by atoms with E-state index in [1.54, 1.807) is 0 Å².